The number of hydrogen-bond donors (Lipinski definition) is 0. The van der Waals surface area contributed by atoms with Gasteiger partial charge in [0.05, 0.1) is 0 Å². The molecule has 0 saturated heterocycles. The molecule has 15 heavy (non-hydrogen) atoms. The van der Waals surface area contributed by atoms with Gasteiger partial charge >= 0.3 is 11.8 Å². The molecule has 2 bridgehead atoms. The molecule has 0 spiro atoms. The fourth-order valence-corrected chi connectivity index (χ4v) is 1.97. The monoisotopic (exact) mass is 238 g/mol. The Balaban J connectivity index is 2.68. The summed E-state index contributed by atoms with van der Waals surface area (Å²) >= 11 is 0. The SMILES string of the molecule is FC1=C(F)C2C(F)(F)C1C(F)(F)C2(F)F. The number of rotatable bonds is 0. The third-order valence-electron chi connectivity index (χ3n) is 2.67. The molecule has 2 rings (SSSR count). The molecule has 2 atom stereocenters. The molecule has 1 fully saturated rings. The van der Waals surface area contributed by atoms with E-state index in [2.05, 4.69) is 0 Å². The van der Waals surface area contributed by atoms with E-state index >= 15 is 0 Å². The number of fused-ring (bicyclic) bond motifs is 2. The highest BCUT2D eigenvalue weighted by Crippen LogP contribution is 2.70. The van der Waals surface area contributed by atoms with E-state index in [9.17, 15) is 35.1 Å². The summed E-state index contributed by atoms with van der Waals surface area (Å²) in [4.78, 5) is 0. The van der Waals surface area contributed by atoms with Crippen LogP contribution in [0.4, 0.5) is 35.1 Å². The molecule has 0 heterocycles. The van der Waals surface area contributed by atoms with Gasteiger partial charge in [0.2, 0.25) is 0 Å². The largest absolute Gasteiger partial charge is 0.326 e. The van der Waals surface area contributed by atoms with Crippen LogP contribution in [0.1, 0.15) is 0 Å². The Morgan fingerprint density at radius 3 is 1.13 bits per heavy atom. The van der Waals surface area contributed by atoms with Gasteiger partial charge < -0.3 is 0 Å². The van der Waals surface area contributed by atoms with Crippen LogP contribution in [0.3, 0.4) is 0 Å². The van der Waals surface area contributed by atoms with E-state index in [1.165, 1.54) is 0 Å². The van der Waals surface area contributed by atoms with Crippen LogP contribution in [-0.2, 0) is 0 Å². The van der Waals surface area contributed by atoms with Crippen LogP contribution in [-0.4, -0.2) is 17.8 Å². The van der Waals surface area contributed by atoms with Crippen LogP contribution >= 0.6 is 0 Å². The second kappa shape index (κ2) is 2.30. The van der Waals surface area contributed by atoms with Crippen molar-refractivity contribution in [2.45, 2.75) is 17.8 Å². The zero-order valence-corrected chi connectivity index (χ0v) is 6.68. The van der Waals surface area contributed by atoms with Gasteiger partial charge in [0, 0.05) is 0 Å². The first-order valence-corrected chi connectivity index (χ1v) is 3.74. The van der Waals surface area contributed by atoms with Gasteiger partial charge in [0.15, 0.2) is 0 Å². The molecule has 0 amide bonds. The lowest BCUT2D eigenvalue weighted by Gasteiger charge is -2.27. The highest BCUT2D eigenvalue weighted by Gasteiger charge is 2.88. The molecule has 0 aromatic heterocycles. The number of allylic oxidation sites excluding steroid dienone is 2. The van der Waals surface area contributed by atoms with Crippen molar-refractivity contribution >= 4 is 0 Å². The standard InChI is InChI=1S/C7H2F8/c8-1-2(9)4-5(10,11)3(1)6(12,13)7(4,14)15/h3-4H. The molecule has 2 unspecified atom stereocenters. The molecule has 0 radical (unpaired) electrons. The zero-order valence-electron chi connectivity index (χ0n) is 6.68. The van der Waals surface area contributed by atoms with Crippen molar-refractivity contribution in [2.24, 2.45) is 11.8 Å². The Kier molecular flexibility index (Phi) is 1.64. The van der Waals surface area contributed by atoms with Crippen molar-refractivity contribution in [1.29, 1.82) is 0 Å². The summed E-state index contributed by atoms with van der Waals surface area (Å²) < 4.78 is 101. The number of halogens is 8. The van der Waals surface area contributed by atoms with Crippen LogP contribution in [0.2, 0.25) is 0 Å². The van der Waals surface area contributed by atoms with Crippen LogP contribution < -0.4 is 0 Å². The minimum atomic E-state index is -5.26. The smallest absolute Gasteiger partial charge is 0.208 e. The first kappa shape index (κ1) is 10.7. The maximum atomic E-state index is 12.8. The Hall–Kier alpha value is -0.820. The number of alkyl halides is 6. The maximum Gasteiger partial charge on any atom is 0.326 e. The molecule has 8 heteroatoms. The van der Waals surface area contributed by atoms with E-state index in [4.69, 9.17) is 0 Å². The van der Waals surface area contributed by atoms with Gasteiger partial charge in [-0.1, -0.05) is 0 Å². The van der Waals surface area contributed by atoms with E-state index < -0.39 is 41.3 Å². The summed E-state index contributed by atoms with van der Waals surface area (Å²) in [5.41, 5.74) is 0. The van der Waals surface area contributed by atoms with Crippen molar-refractivity contribution in [2.75, 3.05) is 0 Å². The van der Waals surface area contributed by atoms with Gasteiger partial charge in [-0.2, -0.15) is 17.6 Å². The molecule has 0 aliphatic heterocycles. The van der Waals surface area contributed by atoms with Gasteiger partial charge in [0.1, 0.15) is 23.5 Å². The van der Waals surface area contributed by atoms with E-state index in [0.29, 0.717) is 0 Å². The second-order valence-electron chi connectivity index (χ2n) is 3.48. The fraction of sp³-hybridized carbons (Fsp3) is 0.714. The summed E-state index contributed by atoms with van der Waals surface area (Å²) in [6.45, 7) is 0. The van der Waals surface area contributed by atoms with E-state index in [0.717, 1.165) is 0 Å². The normalized spacial score (nSPS) is 40.0. The quantitative estimate of drug-likeness (QED) is 0.568. The predicted octanol–water partition coefficient (Wildman–Crippen LogP) is 3.30. The topological polar surface area (TPSA) is 0 Å². The van der Waals surface area contributed by atoms with Gasteiger partial charge in [-0.25, -0.2) is 17.6 Å². The second-order valence-corrected chi connectivity index (χ2v) is 3.48. The van der Waals surface area contributed by atoms with Gasteiger partial charge in [-0.05, 0) is 0 Å². The fourth-order valence-electron chi connectivity index (χ4n) is 1.97. The van der Waals surface area contributed by atoms with Gasteiger partial charge in [-0.3, -0.25) is 0 Å². The molecule has 0 nitrogen and oxygen atoms in total. The Bertz CT molecular complexity index is 322. The lowest BCUT2D eigenvalue weighted by Crippen LogP contribution is -2.45. The molecule has 0 N–H and O–H groups in total. The minimum absolute atomic E-state index is 2.47. The Morgan fingerprint density at radius 1 is 0.667 bits per heavy atom. The highest BCUT2D eigenvalue weighted by molar-refractivity contribution is 5.36. The maximum absolute atomic E-state index is 12.8. The van der Waals surface area contributed by atoms with Crippen molar-refractivity contribution in [3.05, 3.63) is 11.7 Å². The van der Waals surface area contributed by atoms with E-state index in [1.54, 1.807) is 0 Å². The summed E-state index contributed by atoms with van der Waals surface area (Å²) in [5, 5.41) is 0. The van der Waals surface area contributed by atoms with Gasteiger partial charge in [-0.15, -0.1) is 0 Å². The predicted molar refractivity (Wildman–Crippen MR) is 31.1 cm³/mol. The molecule has 2 aliphatic rings. The summed E-state index contributed by atoms with van der Waals surface area (Å²) in [6, 6.07) is 0. The first-order valence-electron chi connectivity index (χ1n) is 3.74. The minimum Gasteiger partial charge on any atom is -0.208 e. The van der Waals surface area contributed by atoms with Crippen LogP contribution in [0.15, 0.2) is 11.7 Å². The highest BCUT2D eigenvalue weighted by atomic mass is 19.3. The van der Waals surface area contributed by atoms with Crippen molar-refractivity contribution in [3.8, 4) is 0 Å². The molecule has 1 saturated carbocycles. The van der Waals surface area contributed by atoms with Crippen LogP contribution in [0.5, 0.6) is 0 Å². The number of hydrogen-bond acceptors (Lipinski definition) is 0. The molecule has 0 aromatic rings. The van der Waals surface area contributed by atoms with Gasteiger partial charge in [0.25, 0.3) is 5.92 Å². The Labute approximate surface area is 77.6 Å². The molecule has 2 aliphatic carbocycles. The van der Waals surface area contributed by atoms with Crippen molar-refractivity contribution in [3.63, 3.8) is 0 Å². The molecule has 86 valence electrons. The third kappa shape index (κ3) is 0.844. The van der Waals surface area contributed by atoms with E-state index in [1.807, 2.05) is 0 Å². The average Bonchev–Trinajstić information content (AvgIpc) is 2.22. The average molecular weight is 238 g/mol. The lowest BCUT2D eigenvalue weighted by atomic mass is 9.97. The summed E-state index contributed by atoms with van der Waals surface area (Å²) in [5.74, 6) is -27.6. The molecular weight excluding hydrogens is 236 g/mol. The van der Waals surface area contributed by atoms with E-state index in [-0.39, 0.29) is 0 Å². The Morgan fingerprint density at radius 2 is 0.933 bits per heavy atom. The molecule has 0 aromatic carbocycles. The van der Waals surface area contributed by atoms with Crippen LogP contribution in [0, 0.1) is 11.8 Å². The van der Waals surface area contributed by atoms with Crippen molar-refractivity contribution < 1.29 is 35.1 Å². The third-order valence-corrected chi connectivity index (χ3v) is 2.67. The summed E-state index contributed by atoms with van der Waals surface area (Å²) in [6.07, 6.45) is 0. The van der Waals surface area contributed by atoms with Crippen molar-refractivity contribution in [1.82, 2.24) is 0 Å². The van der Waals surface area contributed by atoms with Crippen LogP contribution in [0.25, 0.3) is 0 Å². The lowest BCUT2D eigenvalue weighted by molar-refractivity contribution is -0.222. The molecular formula is C7H2F8. The summed E-state index contributed by atoms with van der Waals surface area (Å²) in [7, 11) is 0. The first-order chi connectivity index (χ1) is 6.56. The zero-order chi connectivity index (χ0) is 11.8.